The minimum atomic E-state index is -0.524. The molecule has 2 aromatic heterocycles. The summed E-state index contributed by atoms with van der Waals surface area (Å²) < 4.78 is 15.8. The van der Waals surface area contributed by atoms with Crippen LogP contribution >= 0.6 is 0 Å². The van der Waals surface area contributed by atoms with Gasteiger partial charge in [0.05, 0.1) is 11.3 Å². The van der Waals surface area contributed by atoms with Gasteiger partial charge in [-0.25, -0.2) is 9.37 Å². The van der Waals surface area contributed by atoms with Crippen molar-refractivity contribution in [2.24, 2.45) is 0 Å². The van der Waals surface area contributed by atoms with E-state index < -0.39 is 11.7 Å². The van der Waals surface area contributed by atoms with E-state index in [2.05, 4.69) is 26.7 Å². The zero-order chi connectivity index (χ0) is 22.6. The minimum Gasteiger partial charge on any atom is -0.371 e. The molecule has 0 radical (unpaired) electrons. The molecule has 5 rings (SSSR count). The monoisotopic (exact) mass is 443 g/mol. The summed E-state index contributed by atoms with van der Waals surface area (Å²) in [6, 6.07) is 20.2. The van der Waals surface area contributed by atoms with Gasteiger partial charge in [-0.2, -0.15) is 0 Å². The van der Waals surface area contributed by atoms with Crippen LogP contribution in [0.5, 0.6) is 0 Å². The second kappa shape index (κ2) is 9.42. The molecule has 0 saturated carbocycles. The van der Waals surface area contributed by atoms with Crippen molar-refractivity contribution in [3.05, 3.63) is 96.2 Å². The van der Waals surface area contributed by atoms with Gasteiger partial charge in [0.2, 0.25) is 0 Å². The van der Waals surface area contributed by atoms with E-state index in [0.29, 0.717) is 11.7 Å². The van der Waals surface area contributed by atoms with Crippen LogP contribution in [0.4, 0.5) is 15.8 Å². The molecule has 4 aromatic rings. The van der Waals surface area contributed by atoms with Crippen LogP contribution in [0.25, 0.3) is 5.65 Å². The lowest BCUT2D eigenvalue weighted by Gasteiger charge is -2.34. The lowest BCUT2D eigenvalue weighted by atomic mass is 10.0. The van der Waals surface area contributed by atoms with E-state index in [1.165, 1.54) is 12.1 Å². The van der Waals surface area contributed by atoms with Crippen molar-refractivity contribution in [2.45, 2.75) is 25.4 Å². The number of pyridine rings is 1. The Labute approximate surface area is 192 Å². The minimum absolute atomic E-state index is 0.0415. The number of hydrogen-bond donors (Lipinski definition) is 2. The topological polar surface area (TPSA) is 61.7 Å². The first-order chi connectivity index (χ1) is 16.2. The van der Waals surface area contributed by atoms with E-state index in [9.17, 15) is 9.18 Å². The van der Waals surface area contributed by atoms with Gasteiger partial charge in [0, 0.05) is 49.4 Å². The summed E-state index contributed by atoms with van der Waals surface area (Å²) in [7, 11) is 0. The highest BCUT2D eigenvalue weighted by Gasteiger charge is 2.19. The number of hydrogen-bond acceptors (Lipinski definition) is 4. The first-order valence-corrected chi connectivity index (χ1v) is 11.2. The number of amides is 1. The molecule has 1 amide bonds. The Hall–Kier alpha value is -3.71. The smallest absolute Gasteiger partial charge is 0.258 e. The summed E-state index contributed by atoms with van der Waals surface area (Å²) in [5, 5.41) is 6.40. The van der Waals surface area contributed by atoms with Gasteiger partial charge < -0.3 is 19.9 Å². The van der Waals surface area contributed by atoms with Crippen LogP contribution in [0.2, 0.25) is 0 Å². The summed E-state index contributed by atoms with van der Waals surface area (Å²) in [6.07, 6.45) is 6.20. The van der Waals surface area contributed by atoms with E-state index >= 15 is 0 Å². The molecular weight excluding hydrogens is 417 g/mol. The van der Waals surface area contributed by atoms with Crippen LogP contribution in [-0.4, -0.2) is 34.4 Å². The van der Waals surface area contributed by atoms with E-state index in [-0.39, 0.29) is 5.56 Å². The van der Waals surface area contributed by atoms with Crippen molar-refractivity contribution in [1.82, 2.24) is 14.7 Å². The second-order valence-corrected chi connectivity index (χ2v) is 8.32. The summed E-state index contributed by atoms with van der Waals surface area (Å²) in [6.45, 7) is 2.69. The number of aromatic nitrogens is 2. The molecule has 168 valence electrons. The number of imidazole rings is 1. The Morgan fingerprint density at radius 1 is 1.00 bits per heavy atom. The Kier molecular flexibility index (Phi) is 6.04. The highest BCUT2D eigenvalue weighted by molar-refractivity contribution is 6.04. The second-order valence-electron chi connectivity index (χ2n) is 8.32. The van der Waals surface area contributed by atoms with Crippen molar-refractivity contribution < 1.29 is 9.18 Å². The predicted octanol–water partition coefficient (Wildman–Crippen LogP) is 4.48. The number of rotatable bonds is 6. The normalized spacial score (nSPS) is 14.5. The standard InChI is InChI=1S/C26H26FN5O/c27-24-6-2-1-5-23(24)26(33)30-20-8-10-22(11-9-20)31-15-12-19(13-16-31)28-17-21-18-32-14-4-3-7-25(32)29-21/h1-11,14,18-19,28H,12-13,15-17H2,(H,30,33). The maximum atomic E-state index is 13.8. The summed E-state index contributed by atoms with van der Waals surface area (Å²) >= 11 is 0. The number of fused-ring (bicyclic) bond motifs is 1. The third-order valence-corrected chi connectivity index (χ3v) is 6.09. The van der Waals surface area contributed by atoms with Gasteiger partial charge in [-0.05, 0) is 61.4 Å². The summed E-state index contributed by atoms with van der Waals surface area (Å²) in [5.74, 6) is -0.970. The zero-order valence-electron chi connectivity index (χ0n) is 18.2. The molecule has 1 saturated heterocycles. The molecule has 0 spiro atoms. The largest absolute Gasteiger partial charge is 0.371 e. The van der Waals surface area contributed by atoms with Gasteiger partial charge in [0.1, 0.15) is 11.5 Å². The number of benzene rings is 2. The highest BCUT2D eigenvalue weighted by Crippen LogP contribution is 2.23. The average Bonchev–Trinajstić information content (AvgIpc) is 3.27. The summed E-state index contributed by atoms with van der Waals surface area (Å²) in [4.78, 5) is 19.3. The van der Waals surface area contributed by atoms with Gasteiger partial charge >= 0.3 is 0 Å². The van der Waals surface area contributed by atoms with Gasteiger partial charge in [-0.3, -0.25) is 4.79 Å². The van der Waals surface area contributed by atoms with Crippen LogP contribution in [0.3, 0.4) is 0 Å². The van der Waals surface area contributed by atoms with Gasteiger partial charge in [-0.1, -0.05) is 18.2 Å². The molecule has 1 aliphatic heterocycles. The van der Waals surface area contributed by atoms with E-state index in [1.54, 1.807) is 12.1 Å². The molecule has 1 fully saturated rings. The maximum Gasteiger partial charge on any atom is 0.258 e. The van der Waals surface area contributed by atoms with Gasteiger partial charge in [-0.15, -0.1) is 0 Å². The lowest BCUT2D eigenvalue weighted by molar-refractivity contribution is 0.102. The molecular formula is C26H26FN5O. The summed E-state index contributed by atoms with van der Waals surface area (Å²) in [5.41, 5.74) is 3.84. The van der Waals surface area contributed by atoms with Crippen LogP contribution in [0.15, 0.2) is 79.1 Å². The first-order valence-electron chi connectivity index (χ1n) is 11.2. The predicted molar refractivity (Wildman–Crippen MR) is 128 cm³/mol. The number of nitrogens with zero attached hydrogens (tertiary/aromatic N) is 3. The zero-order valence-corrected chi connectivity index (χ0v) is 18.2. The SMILES string of the molecule is O=C(Nc1ccc(N2CCC(NCc3cn4ccccc4n3)CC2)cc1)c1ccccc1F. The van der Waals surface area contributed by atoms with E-state index in [4.69, 9.17) is 0 Å². The fourth-order valence-electron chi connectivity index (χ4n) is 4.26. The van der Waals surface area contributed by atoms with Crippen LogP contribution in [-0.2, 0) is 6.54 Å². The maximum absolute atomic E-state index is 13.8. The molecule has 2 aromatic carbocycles. The molecule has 6 nitrogen and oxygen atoms in total. The quantitative estimate of drug-likeness (QED) is 0.461. The molecule has 0 bridgehead atoms. The number of carbonyl (C=O) groups is 1. The van der Waals surface area contributed by atoms with Crippen molar-refractivity contribution >= 4 is 22.9 Å². The van der Waals surface area contributed by atoms with Gasteiger partial charge in [0.25, 0.3) is 5.91 Å². The first kappa shape index (κ1) is 21.2. The number of nitrogens with one attached hydrogen (secondary N) is 2. The Morgan fingerprint density at radius 3 is 2.52 bits per heavy atom. The van der Waals surface area contributed by atoms with Crippen LogP contribution in [0.1, 0.15) is 28.9 Å². The number of anilines is 2. The fourth-order valence-corrected chi connectivity index (χ4v) is 4.26. The van der Waals surface area contributed by atoms with Gasteiger partial charge in [0.15, 0.2) is 0 Å². The van der Waals surface area contributed by atoms with Crippen LogP contribution in [0, 0.1) is 5.82 Å². The molecule has 0 atom stereocenters. The third kappa shape index (κ3) is 4.88. The molecule has 2 N–H and O–H groups in total. The Morgan fingerprint density at radius 2 is 1.76 bits per heavy atom. The van der Waals surface area contributed by atoms with Crippen molar-refractivity contribution in [1.29, 1.82) is 0 Å². The third-order valence-electron chi connectivity index (χ3n) is 6.09. The molecule has 33 heavy (non-hydrogen) atoms. The molecule has 3 heterocycles. The van der Waals surface area contributed by atoms with Crippen LogP contribution < -0.4 is 15.5 Å². The Bertz CT molecular complexity index is 1210. The number of halogens is 1. The van der Waals surface area contributed by atoms with Crippen molar-refractivity contribution in [3.63, 3.8) is 0 Å². The van der Waals surface area contributed by atoms with E-state index in [0.717, 1.165) is 49.5 Å². The average molecular weight is 444 g/mol. The Balaban J connectivity index is 1.12. The van der Waals surface area contributed by atoms with E-state index in [1.807, 2.05) is 53.1 Å². The molecule has 0 aliphatic carbocycles. The molecule has 7 heteroatoms. The number of carbonyl (C=O) groups excluding carboxylic acids is 1. The molecule has 1 aliphatic rings. The van der Waals surface area contributed by atoms with Crippen molar-refractivity contribution in [3.8, 4) is 0 Å². The van der Waals surface area contributed by atoms with Crippen molar-refractivity contribution in [2.75, 3.05) is 23.3 Å². The lowest BCUT2D eigenvalue weighted by Crippen LogP contribution is -2.42. The molecule has 0 unspecified atom stereocenters. The number of piperidine rings is 1. The highest BCUT2D eigenvalue weighted by atomic mass is 19.1. The fraction of sp³-hybridized carbons (Fsp3) is 0.231.